The first kappa shape index (κ1) is 15.0. The Morgan fingerprint density at radius 2 is 2.23 bits per heavy atom. The van der Waals surface area contributed by atoms with Crippen molar-refractivity contribution in [3.05, 3.63) is 29.8 Å². The number of hydrogen-bond acceptors (Lipinski definition) is 5. The predicted molar refractivity (Wildman–Crippen MR) is 85.9 cm³/mol. The van der Waals surface area contributed by atoms with Crippen molar-refractivity contribution in [3.8, 4) is 0 Å². The Morgan fingerprint density at radius 1 is 1.45 bits per heavy atom. The summed E-state index contributed by atoms with van der Waals surface area (Å²) < 4.78 is 1.70. The largest absolute Gasteiger partial charge is 0.308 e. The molecule has 0 radical (unpaired) electrons. The van der Waals surface area contributed by atoms with Gasteiger partial charge in [-0.1, -0.05) is 30.0 Å². The Labute approximate surface area is 133 Å². The smallest absolute Gasteiger partial charge is 0.240 e. The van der Waals surface area contributed by atoms with Crippen molar-refractivity contribution < 1.29 is 4.79 Å². The van der Waals surface area contributed by atoms with E-state index in [2.05, 4.69) is 28.5 Å². The summed E-state index contributed by atoms with van der Waals surface area (Å²) in [6, 6.07) is 8.30. The Bertz CT molecular complexity index is 686. The molecule has 0 saturated heterocycles. The third-order valence-electron chi connectivity index (χ3n) is 3.87. The van der Waals surface area contributed by atoms with Gasteiger partial charge in [0.05, 0.1) is 5.25 Å². The number of anilines is 1. The van der Waals surface area contributed by atoms with Crippen LogP contribution in [0.3, 0.4) is 0 Å². The number of thioether (sulfide) groups is 1. The Balaban J connectivity index is 1.79. The van der Waals surface area contributed by atoms with E-state index >= 15 is 0 Å². The number of aromatic nitrogens is 4. The molecule has 2 atom stereocenters. The maximum absolute atomic E-state index is 12.9. The normalized spacial score (nSPS) is 18.3. The molecule has 1 aromatic heterocycles. The fourth-order valence-electron chi connectivity index (χ4n) is 2.79. The van der Waals surface area contributed by atoms with Gasteiger partial charge < -0.3 is 4.90 Å². The van der Waals surface area contributed by atoms with Crippen molar-refractivity contribution in [1.82, 2.24) is 20.2 Å². The minimum atomic E-state index is -0.232. The molecule has 0 fully saturated rings. The quantitative estimate of drug-likeness (QED) is 0.809. The number of nitrogens with zero attached hydrogens (tertiary/aromatic N) is 5. The zero-order valence-electron chi connectivity index (χ0n) is 12.9. The first-order valence-electron chi connectivity index (χ1n) is 7.45. The number of amides is 1. The van der Waals surface area contributed by atoms with Crippen molar-refractivity contribution in [1.29, 1.82) is 0 Å². The van der Waals surface area contributed by atoms with E-state index in [1.807, 2.05) is 36.9 Å². The number of aryl methyl sites for hydroxylation is 1. The zero-order chi connectivity index (χ0) is 15.7. The summed E-state index contributed by atoms with van der Waals surface area (Å²) in [4.78, 5) is 14.8. The van der Waals surface area contributed by atoms with Crippen molar-refractivity contribution in [2.24, 2.45) is 0 Å². The molecular weight excluding hydrogens is 298 g/mol. The highest BCUT2D eigenvalue weighted by atomic mass is 32.2. The van der Waals surface area contributed by atoms with E-state index in [9.17, 15) is 4.79 Å². The fourth-order valence-corrected chi connectivity index (χ4v) is 3.69. The van der Waals surface area contributed by atoms with Gasteiger partial charge in [0.15, 0.2) is 0 Å². The monoisotopic (exact) mass is 317 g/mol. The number of carbonyl (C=O) groups excluding carboxylic acids is 1. The fraction of sp³-hybridized carbons (Fsp3) is 0.467. The Kier molecular flexibility index (Phi) is 4.15. The predicted octanol–water partition coefficient (Wildman–Crippen LogP) is 2.15. The van der Waals surface area contributed by atoms with Crippen LogP contribution < -0.4 is 4.90 Å². The second kappa shape index (κ2) is 6.08. The molecule has 0 bridgehead atoms. The van der Waals surface area contributed by atoms with E-state index < -0.39 is 0 Å². The SMILES string of the molecule is CCn1nnnc1S[C@H](C)C(=O)N1c2ccccc2C[C@H]1C. The second-order valence-corrected chi connectivity index (χ2v) is 6.74. The third-order valence-corrected chi connectivity index (χ3v) is 4.93. The molecule has 0 aliphatic carbocycles. The summed E-state index contributed by atoms with van der Waals surface area (Å²) in [6.45, 7) is 6.67. The number of rotatable bonds is 4. The molecule has 0 spiro atoms. The number of carbonyl (C=O) groups is 1. The highest BCUT2D eigenvalue weighted by Gasteiger charge is 2.33. The topological polar surface area (TPSA) is 63.9 Å². The van der Waals surface area contributed by atoms with Gasteiger partial charge in [0, 0.05) is 18.3 Å². The van der Waals surface area contributed by atoms with Gasteiger partial charge in [0.2, 0.25) is 11.1 Å². The number of hydrogen-bond donors (Lipinski definition) is 0. The van der Waals surface area contributed by atoms with Gasteiger partial charge in [0.25, 0.3) is 0 Å². The molecule has 116 valence electrons. The maximum atomic E-state index is 12.9. The molecule has 1 amide bonds. The lowest BCUT2D eigenvalue weighted by atomic mass is 10.1. The molecule has 6 nitrogen and oxygen atoms in total. The number of benzene rings is 1. The molecular formula is C15H19N5OS. The Morgan fingerprint density at radius 3 is 3.00 bits per heavy atom. The highest BCUT2D eigenvalue weighted by molar-refractivity contribution is 8.00. The van der Waals surface area contributed by atoms with E-state index in [1.54, 1.807) is 4.68 Å². The van der Waals surface area contributed by atoms with E-state index in [0.717, 1.165) is 12.1 Å². The van der Waals surface area contributed by atoms with Gasteiger partial charge in [-0.25, -0.2) is 4.68 Å². The van der Waals surface area contributed by atoms with Crippen LogP contribution >= 0.6 is 11.8 Å². The molecule has 0 saturated carbocycles. The van der Waals surface area contributed by atoms with E-state index in [4.69, 9.17) is 0 Å². The van der Waals surface area contributed by atoms with Crippen LogP contribution in [-0.4, -0.2) is 37.4 Å². The molecule has 2 aromatic rings. The Hall–Kier alpha value is -1.89. The lowest BCUT2D eigenvalue weighted by molar-refractivity contribution is -0.118. The standard InChI is InChI=1S/C15H19N5OS/c1-4-19-15(16-17-18-19)22-11(3)14(21)20-10(2)9-12-7-5-6-8-13(12)20/h5-8,10-11H,4,9H2,1-3H3/t10-,11-/m1/s1. The van der Waals surface area contributed by atoms with Crippen LogP contribution in [0.2, 0.25) is 0 Å². The van der Waals surface area contributed by atoms with Crippen LogP contribution in [0, 0.1) is 0 Å². The molecule has 2 heterocycles. The second-order valence-electron chi connectivity index (χ2n) is 5.43. The lowest BCUT2D eigenvalue weighted by Gasteiger charge is -2.25. The van der Waals surface area contributed by atoms with Gasteiger partial charge in [0.1, 0.15) is 0 Å². The number of para-hydroxylation sites is 1. The molecule has 0 unspecified atom stereocenters. The molecule has 3 rings (SSSR count). The zero-order valence-corrected chi connectivity index (χ0v) is 13.7. The van der Waals surface area contributed by atoms with Crippen molar-refractivity contribution in [2.45, 2.75) is 50.2 Å². The first-order chi connectivity index (χ1) is 10.6. The first-order valence-corrected chi connectivity index (χ1v) is 8.33. The molecule has 0 N–H and O–H groups in total. The van der Waals surface area contributed by atoms with Crippen LogP contribution in [-0.2, 0) is 17.8 Å². The van der Waals surface area contributed by atoms with Crippen molar-refractivity contribution in [3.63, 3.8) is 0 Å². The van der Waals surface area contributed by atoms with Gasteiger partial charge in [-0.2, -0.15) is 0 Å². The van der Waals surface area contributed by atoms with Gasteiger partial charge >= 0.3 is 0 Å². The van der Waals surface area contributed by atoms with E-state index in [-0.39, 0.29) is 17.2 Å². The average Bonchev–Trinajstić information content (AvgIpc) is 3.09. The van der Waals surface area contributed by atoms with E-state index in [0.29, 0.717) is 11.7 Å². The third kappa shape index (κ3) is 2.61. The van der Waals surface area contributed by atoms with Crippen LogP contribution in [0.4, 0.5) is 5.69 Å². The lowest BCUT2D eigenvalue weighted by Crippen LogP contribution is -2.40. The van der Waals surface area contributed by atoms with Crippen LogP contribution in [0.25, 0.3) is 0 Å². The summed E-state index contributed by atoms with van der Waals surface area (Å²) in [5.74, 6) is 0.105. The summed E-state index contributed by atoms with van der Waals surface area (Å²) in [5, 5.41) is 12.0. The summed E-state index contributed by atoms with van der Waals surface area (Å²) in [6.07, 6.45) is 0.909. The van der Waals surface area contributed by atoms with Crippen molar-refractivity contribution in [2.75, 3.05) is 4.90 Å². The summed E-state index contributed by atoms with van der Waals surface area (Å²) in [5.41, 5.74) is 2.27. The van der Waals surface area contributed by atoms with E-state index in [1.165, 1.54) is 17.3 Å². The minimum absolute atomic E-state index is 0.105. The summed E-state index contributed by atoms with van der Waals surface area (Å²) >= 11 is 1.41. The van der Waals surface area contributed by atoms with Crippen LogP contribution in [0.1, 0.15) is 26.3 Å². The molecule has 1 aromatic carbocycles. The van der Waals surface area contributed by atoms with Gasteiger partial charge in [-0.15, -0.1) is 5.10 Å². The maximum Gasteiger partial charge on any atom is 0.240 e. The van der Waals surface area contributed by atoms with Crippen LogP contribution in [0.5, 0.6) is 0 Å². The van der Waals surface area contributed by atoms with Crippen molar-refractivity contribution >= 4 is 23.4 Å². The minimum Gasteiger partial charge on any atom is -0.308 e. The number of fused-ring (bicyclic) bond motifs is 1. The molecule has 1 aliphatic heterocycles. The summed E-state index contributed by atoms with van der Waals surface area (Å²) in [7, 11) is 0. The highest BCUT2D eigenvalue weighted by Crippen LogP contribution is 2.34. The molecule has 7 heteroatoms. The number of tetrazole rings is 1. The van der Waals surface area contributed by atoms with Gasteiger partial charge in [-0.05, 0) is 49.2 Å². The molecule has 1 aliphatic rings. The van der Waals surface area contributed by atoms with Crippen LogP contribution in [0.15, 0.2) is 29.4 Å². The van der Waals surface area contributed by atoms with Gasteiger partial charge in [-0.3, -0.25) is 4.79 Å². The average molecular weight is 317 g/mol. The molecule has 22 heavy (non-hydrogen) atoms.